The second-order valence-corrected chi connectivity index (χ2v) is 6.25. The molecule has 130 valence electrons. The smallest absolute Gasteiger partial charge is 0.264 e. The van der Waals surface area contributed by atoms with Gasteiger partial charge in [0.25, 0.3) is 11.8 Å². The highest BCUT2D eigenvalue weighted by molar-refractivity contribution is 6.21. The highest BCUT2D eigenvalue weighted by atomic mass is 19.1. The minimum absolute atomic E-state index is 0.0751. The summed E-state index contributed by atoms with van der Waals surface area (Å²) in [6, 6.07) is 5.95. The summed E-state index contributed by atoms with van der Waals surface area (Å²) in [5.74, 6) is -2.79. The van der Waals surface area contributed by atoms with Gasteiger partial charge in [0.05, 0.1) is 17.7 Å². The van der Waals surface area contributed by atoms with E-state index in [4.69, 9.17) is 9.47 Å². The molecule has 0 radical (unpaired) electrons. The molecule has 0 unspecified atom stereocenters. The molecule has 1 saturated heterocycles. The normalized spacial score (nSPS) is 28.6. The summed E-state index contributed by atoms with van der Waals surface area (Å²) in [6.07, 6.45) is -6.90. The SMILES string of the molecule is CC1(C)OC[C@@H](O)[C@H]([C@@H](O)[C@@H](F)N2C(=O)c3ccccc3C2=O)O1. The first-order valence-corrected chi connectivity index (χ1v) is 7.52. The lowest BCUT2D eigenvalue weighted by atomic mass is 10.0. The molecule has 0 saturated carbocycles. The molecule has 1 aromatic rings. The van der Waals surface area contributed by atoms with Crippen LogP contribution in [0.5, 0.6) is 0 Å². The minimum atomic E-state index is -2.36. The molecule has 4 atom stereocenters. The number of carbonyl (C=O) groups is 2. The van der Waals surface area contributed by atoms with Gasteiger partial charge < -0.3 is 19.7 Å². The first-order valence-electron chi connectivity index (χ1n) is 7.52. The standard InChI is InChI=1S/C16H18FNO6/c1-16(2)23-7-10(19)12(24-16)11(20)13(17)18-14(21)8-5-3-4-6-9(8)15(18)22/h3-6,10-13,19-20H,7H2,1-2H3/t10-,11-,12-,13+/m1/s1. The maximum Gasteiger partial charge on any atom is 0.264 e. The van der Waals surface area contributed by atoms with Crippen molar-refractivity contribution in [2.24, 2.45) is 0 Å². The molecule has 2 aliphatic heterocycles. The van der Waals surface area contributed by atoms with Crippen molar-refractivity contribution in [2.75, 3.05) is 6.61 Å². The Morgan fingerprint density at radius 1 is 1.25 bits per heavy atom. The number of ether oxygens (including phenoxy) is 2. The Kier molecular flexibility index (Phi) is 4.16. The lowest BCUT2D eigenvalue weighted by molar-refractivity contribution is -0.323. The Morgan fingerprint density at radius 3 is 2.33 bits per heavy atom. The van der Waals surface area contributed by atoms with Crippen LogP contribution in [0.25, 0.3) is 0 Å². The van der Waals surface area contributed by atoms with Crippen molar-refractivity contribution in [1.82, 2.24) is 4.90 Å². The molecule has 1 fully saturated rings. The molecule has 7 nitrogen and oxygen atoms in total. The monoisotopic (exact) mass is 339 g/mol. The molecule has 0 spiro atoms. The summed E-state index contributed by atoms with van der Waals surface area (Å²) >= 11 is 0. The van der Waals surface area contributed by atoms with E-state index >= 15 is 0 Å². The van der Waals surface area contributed by atoms with Gasteiger partial charge in [-0.25, -0.2) is 9.29 Å². The molecule has 0 aliphatic carbocycles. The van der Waals surface area contributed by atoms with E-state index in [0.717, 1.165) is 0 Å². The van der Waals surface area contributed by atoms with Crippen LogP contribution in [0.3, 0.4) is 0 Å². The summed E-state index contributed by atoms with van der Waals surface area (Å²) in [4.78, 5) is 24.9. The number of fused-ring (bicyclic) bond motifs is 1. The number of halogens is 1. The van der Waals surface area contributed by atoms with Crippen LogP contribution in [0, 0.1) is 0 Å². The second kappa shape index (κ2) is 5.89. The molecule has 3 rings (SSSR count). The fourth-order valence-corrected chi connectivity index (χ4v) is 2.86. The van der Waals surface area contributed by atoms with E-state index in [1.54, 1.807) is 26.0 Å². The van der Waals surface area contributed by atoms with E-state index in [-0.39, 0.29) is 17.7 Å². The Balaban J connectivity index is 1.83. The van der Waals surface area contributed by atoms with Gasteiger partial charge in [-0.2, -0.15) is 0 Å². The Labute approximate surface area is 137 Å². The van der Waals surface area contributed by atoms with Crippen LogP contribution < -0.4 is 0 Å². The van der Waals surface area contributed by atoms with Gasteiger partial charge >= 0.3 is 0 Å². The number of carbonyl (C=O) groups excluding carboxylic acids is 2. The van der Waals surface area contributed by atoms with Gasteiger partial charge in [0.1, 0.15) is 18.3 Å². The molecular formula is C16H18FNO6. The number of hydrogen-bond acceptors (Lipinski definition) is 6. The number of nitrogens with zero attached hydrogens (tertiary/aromatic N) is 1. The van der Waals surface area contributed by atoms with Gasteiger partial charge in [-0.1, -0.05) is 12.1 Å². The average molecular weight is 339 g/mol. The number of benzene rings is 1. The Bertz CT molecular complexity index is 643. The van der Waals surface area contributed by atoms with E-state index in [2.05, 4.69) is 0 Å². The van der Waals surface area contributed by atoms with Gasteiger partial charge in [0.2, 0.25) is 6.30 Å². The van der Waals surface area contributed by atoms with Crippen LogP contribution >= 0.6 is 0 Å². The van der Waals surface area contributed by atoms with Gasteiger partial charge in [-0.05, 0) is 26.0 Å². The van der Waals surface area contributed by atoms with E-state index in [1.807, 2.05) is 0 Å². The lowest BCUT2D eigenvalue weighted by Gasteiger charge is -2.42. The predicted molar refractivity (Wildman–Crippen MR) is 78.8 cm³/mol. The lowest BCUT2D eigenvalue weighted by Crippen LogP contribution is -2.58. The number of rotatable bonds is 3. The highest BCUT2D eigenvalue weighted by Gasteiger charge is 2.49. The van der Waals surface area contributed by atoms with Crippen molar-refractivity contribution in [3.8, 4) is 0 Å². The van der Waals surface area contributed by atoms with Crippen LogP contribution in [0.2, 0.25) is 0 Å². The van der Waals surface area contributed by atoms with Gasteiger partial charge in [-0.3, -0.25) is 9.59 Å². The molecule has 0 aromatic heterocycles. The first-order chi connectivity index (χ1) is 11.2. The summed E-state index contributed by atoms with van der Waals surface area (Å²) in [5, 5.41) is 20.2. The topological polar surface area (TPSA) is 96.3 Å². The summed E-state index contributed by atoms with van der Waals surface area (Å²) in [7, 11) is 0. The van der Waals surface area contributed by atoms with Crippen LogP contribution in [0.4, 0.5) is 4.39 Å². The fourth-order valence-electron chi connectivity index (χ4n) is 2.86. The van der Waals surface area contributed by atoms with Gasteiger partial charge in [0, 0.05) is 0 Å². The highest BCUT2D eigenvalue weighted by Crippen LogP contribution is 2.30. The van der Waals surface area contributed by atoms with Crippen LogP contribution in [-0.4, -0.2) is 63.9 Å². The largest absolute Gasteiger partial charge is 0.388 e. The first kappa shape index (κ1) is 17.0. The van der Waals surface area contributed by atoms with Gasteiger partial charge in [-0.15, -0.1) is 0 Å². The number of hydrogen-bond donors (Lipinski definition) is 2. The Morgan fingerprint density at radius 2 is 1.79 bits per heavy atom. The summed E-state index contributed by atoms with van der Waals surface area (Å²) in [6.45, 7) is 2.94. The van der Waals surface area contributed by atoms with E-state index in [9.17, 15) is 24.2 Å². The van der Waals surface area contributed by atoms with Crippen LogP contribution in [0.15, 0.2) is 24.3 Å². The summed E-state index contributed by atoms with van der Waals surface area (Å²) < 4.78 is 25.3. The molecule has 8 heteroatoms. The summed E-state index contributed by atoms with van der Waals surface area (Å²) in [5.41, 5.74) is 0.150. The van der Waals surface area contributed by atoms with Crippen molar-refractivity contribution in [1.29, 1.82) is 0 Å². The number of alkyl halides is 1. The third-order valence-corrected chi connectivity index (χ3v) is 4.09. The molecule has 24 heavy (non-hydrogen) atoms. The second-order valence-electron chi connectivity index (χ2n) is 6.25. The molecule has 2 N–H and O–H groups in total. The maximum absolute atomic E-state index is 14.8. The third-order valence-electron chi connectivity index (χ3n) is 4.09. The van der Waals surface area contributed by atoms with Crippen molar-refractivity contribution in [3.63, 3.8) is 0 Å². The molecule has 2 aliphatic rings. The van der Waals surface area contributed by atoms with E-state index in [0.29, 0.717) is 4.90 Å². The number of aliphatic hydroxyl groups is 2. The van der Waals surface area contributed by atoms with Crippen molar-refractivity contribution in [2.45, 2.75) is 44.2 Å². The quantitative estimate of drug-likeness (QED) is 0.613. The van der Waals surface area contributed by atoms with Crippen molar-refractivity contribution >= 4 is 11.8 Å². The Hall–Kier alpha value is -1.87. The predicted octanol–water partition coefficient (Wildman–Crippen LogP) is 0.451. The zero-order chi connectivity index (χ0) is 17.6. The maximum atomic E-state index is 14.8. The number of aliphatic hydroxyl groups excluding tert-OH is 2. The van der Waals surface area contributed by atoms with Gasteiger partial charge in [0.15, 0.2) is 5.79 Å². The van der Waals surface area contributed by atoms with Crippen LogP contribution in [-0.2, 0) is 9.47 Å². The number of amides is 2. The van der Waals surface area contributed by atoms with E-state index in [1.165, 1.54) is 12.1 Å². The third kappa shape index (κ3) is 2.71. The minimum Gasteiger partial charge on any atom is -0.388 e. The molecular weight excluding hydrogens is 321 g/mol. The average Bonchev–Trinajstić information content (AvgIpc) is 2.80. The molecule has 2 amide bonds. The fraction of sp³-hybridized carbons (Fsp3) is 0.500. The van der Waals surface area contributed by atoms with E-state index < -0.39 is 42.2 Å². The molecule has 0 bridgehead atoms. The molecule has 1 aromatic carbocycles. The number of imide groups is 1. The van der Waals surface area contributed by atoms with Crippen LogP contribution in [0.1, 0.15) is 34.6 Å². The zero-order valence-corrected chi connectivity index (χ0v) is 13.2. The molecule has 2 heterocycles. The zero-order valence-electron chi connectivity index (χ0n) is 13.2. The van der Waals surface area contributed by atoms with Crippen molar-refractivity contribution in [3.05, 3.63) is 35.4 Å². The van der Waals surface area contributed by atoms with Crippen molar-refractivity contribution < 1.29 is 33.7 Å².